The highest BCUT2D eigenvalue weighted by atomic mass is 16.5. The number of carbonyl (C=O) groups is 2. The van der Waals surface area contributed by atoms with Gasteiger partial charge in [0.05, 0.1) is 7.11 Å². The zero-order valence-corrected chi connectivity index (χ0v) is 20.1. The maximum Gasteiger partial charge on any atom is 0.251 e. The van der Waals surface area contributed by atoms with Crippen molar-refractivity contribution in [3.63, 3.8) is 0 Å². The Balaban J connectivity index is 1.56. The maximum absolute atomic E-state index is 12.7. The lowest BCUT2D eigenvalue weighted by molar-refractivity contribution is -0.122. The van der Waals surface area contributed by atoms with Crippen molar-refractivity contribution in [1.82, 2.24) is 10.6 Å². The fourth-order valence-corrected chi connectivity index (χ4v) is 4.65. The Kier molecular flexibility index (Phi) is 8.70. The third-order valence-electron chi connectivity index (χ3n) is 6.70. The molecule has 0 bridgehead atoms. The first kappa shape index (κ1) is 24.6. The molecule has 0 saturated heterocycles. The van der Waals surface area contributed by atoms with Crippen molar-refractivity contribution < 1.29 is 14.3 Å². The average molecular weight is 449 g/mol. The van der Waals surface area contributed by atoms with Crippen LogP contribution in [0.15, 0.2) is 66.2 Å². The quantitative estimate of drug-likeness (QED) is 0.531. The van der Waals surface area contributed by atoms with E-state index in [-0.39, 0.29) is 23.7 Å². The molecule has 0 heterocycles. The number of ether oxygens (including phenoxy) is 1. The van der Waals surface area contributed by atoms with Crippen LogP contribution in [-0.2, 0) is 11.3 Å². The van der Waals surface area contributed by atoms with Crippen LogP contribution in [0.1, 0.15) is 49.5 Å². The molecule has 0 spiro atoms. The summed E-state index contributed by atoms with van der Waals surface area (Å²) in [6.07, 6.45) is 3.73. The van der Waals surface area contributed by atoms with E-state index in [2.05, 4.69) is 37.5 Å². The van der Waals surface area contributed by atoms with Gasteiger partial charge in [-0.15, -0.1) is 0 Å². The Labute approximate surface area is 197 Å². The third kappa shape index (κ3) is 6.95. The summed E-state index contributed by atoms with van der Waals surface area (Å²) in [6, 6.07) is 17.1. The second-order valence-corrected chi connectivity index (χ2v) is 9.32. The molecule has 1 aliphatic carbocycles. The van der Waals surface area contributed by atoms with E-state index in [1.807, 2.05) is 54.6 Å². The van der Waals surface area contributed by atoms with Crippen LogP contribution in [0.4, 0.5) is 0 Å². The molecule has 176 valence electrons. The summed E-state index contributed by atoms with van der Waals surface area (Å²) < 4.78 is 5.18. The first-order chi connectivity index (χ1) is 15.9. The van der Waals surface area contributed by atoms with Crippen LogP contribution in [-0.4, -0.2) is 25.5 Å². The van der Waals surface area contributed by atoms with Gasteiger partial charge >= 0.3 is 0 Å². The molecule has 3 atom stereocenters. The smallest absolute Gasteiger partial charge is 0.251 e. The molecular weight excluding hydrogens is 412 g/mol. The van der Waals surface area contributed by atoms with Crippen LogP contribution in [0.3, 0.4) is 0 Å². The average Bonchev–Trinajstić information content (AvgIpc) is 2.83. The predicted molar refractivity (Wildman–Crippen MR) is 132 cm³/mol. The Morgan fingerprint density at radius 2 is 1.73 bits per heavy atom. The lowest BCUT2D eigenvalue weighted by atomic mass is 9.69. The van der Waals surface area contributed by atoms with Crippen molar-refractivity contribution in [3.8, 4) is 5.75 Å². The molecule has 0 aromatic heterocycles. The van der Waals surface area contributed by atoms with Crippen LogP contribution in [0.2, 0.25) is 0 Å². The summed E-state index contributed by atoms with van der Waals surface area (Å²) in [5.41, 5.74) is 2.97. The molecule has 0 radical (unpaired) electrons. The predicted octanol–water partition coefficient (Wildman–Crippen LogP) is 4.99. The lowest BCUT2D eigenvalue weighted by Gasteiger charge is -2.37. The summed E-state index contributed by atoms with van der Waals surface area (Å²) in [5, 5.41) is 6.16. The van der Waals surface area contributed by atoms with E-state index in [0.717, 1.165) is 17.7 Å². The number of hydrogen-bond donors (Lipinski definition) is 2. The van der Waals surface area contributed by atoms with Gasteiger partial charge in [0.2, 0.25) is 5.91 Å². The summed E-state index contributed by atoms with van der Waals surface area (Å²) in [6.45, 7) is 7.70. The number of amides is 2. The van der Waals surface area contributed by atoms with Crippen molar-refractivity contribution >= 4 is 11.8 Å². The van der Waals surface area contributed by atoms with E-state index >= 15 is 0 Å². The monoisotopic (exact) mass is 448 g/mol. The molecule has 5 nitrogen and oxygen atoms in total. The van der Waals surface area contributed by atoms with Gasteiger partial charge in [0.1, 0.15) is 5.75 Å². The maximum atomic E-state index is 12.7. The van der Waals surface area contributed by atoms with E-state index in [1.54, 1.807) is 7.11 Å². The molecule has 2 N–H and O–H groups in total. The van der Waals surface area contributed by atoms with Crippen LogP contribution in [0.25, 0.3) is 0 Å². The zero-order valence-electron chi connectivity index (χ0n) is 20.1. The number of rotatable bonds is 9. The number of methoxy groups -OCH3 is 1. The van der Waals surface area contributed by atoms with Crippen molar-refractivity contribution in [2.45, 2.75) is 40.2 Å². The van der Waals surface area contributed by atoms with E-state index in [4.69, 9.17) is 4.74 Å². The van der Waals surface area contributed by atoms with Gasteiger partial charge in [-0.25, -0.2) is 0 Å². The zero-order chi connectivity index (χ0) is 23.8. The van der Waals surface area contributed by atoms with E-state index in [0.29, 0.717) is 36.9 Å². The van der Waals surface area contributed by atoms with Gasteiger partial charge in [-0.2, -0.15) is 0 Å². The molecule has 0 fully saturated rings. The van der Waals surface area contributed by atoms with Gasteiger partial charge in [0.25, 0.3) is 5.91 Å². The number of hydrogen-bond acceptors (Lipinski definition) is 3. The Morgan fingerprint density at radius 3 is 2.36 bits per heavy atom. The van der Waals surface area contributed by atoms with Gasteiger partial charge in [0.15, 0.2) is 0 Å². The number of benzene rings is 2. The van der Waals surface area contributed by atoms with Crippen molar-refractivity contribution in [2.24, 2.45) is 23.7 Å². The molecule has 33 heavy (non-hydrogen) atoms. The van der Waals surface area contributed by atoms with Gasteiger partial charge < -0.3 is 15.4 Å². The Bertz CT molecular complexity index is 951. The van der Waals surface area contributed by atoms with Gasteiger partial charge in [-0.1, -0.05) is 55.8 Å². The molecule has 3 rings (SSSR count). The molecular formula is C28H36N2O3. The van der Waals surface area contributed by atoms with Gasteiger partial charge in [-0.3, -0.25) is 9.59 Å². The highest BCUT2D eigenvalue weighted by Gasteiger charge is 2.32. The molecule has 3 unspecified atom stereocenters. The van der Waals surface area contributed by atoms with Crippen LogP contribution in [0.5, 0.6) is 5.75 Å². The second-order valence-electron chi connectivity index (χ2n) is 9.32. The van der Waals surface area contributed by atoms with Crippen LogP contribution >= 0.6 is 0 Å². The summed E-state index contributed by atoms with van der Waals surface area (Å²) in [4.78, 5) is 25.2. The molecule has 5 heteroatoms. The first-order valence-electron chi connectivity index (χ1n) is 11.8. The molecule has 1 aliphatic rings. The minimum absolute atomic E-state index is 0.0378. The second kappa shape index (κ2) is 11.7. The van der Waals surface area contributed by atoms with E-state index in [1.165, 1.54) is 5.57 Å². The van der Waals surface area contributed by atoms with Gasteiger partial charge in [0, 0.05) is 25.1 Å². The van der Waals surface area contributed by atoms with Crippen molar-refractivity contribution in [2.75, 3.05) is 13.7 Å². The van der Waals surface area contributed by atoms with Gasteiger partial charge in [-0.05, 0) is 66.8 Å². The summed E-state index contributed by atoms with van der Waals surface area (Å²) in [7, 11) is 1.64. The normalized spacial score (nSPS) is 20.2. The topological polar surface area (TPSA) is 67.4 Å². The molecule has 2 aromatic carbocycles. The fraction of sp³-hybridized carbons (Fsp3) is 0.429. The van der Waals surface area contributed by atoms with Crippen LogP contribution < -0.4 is 15.4 Å². The fourth-order valence-electron chi connectivity index (χ4n) is 4.65. The summed E-state index contributed by atoms with van der Waals surface area (Å²) in [5.74, 6) is 2.24. The SMILES string of the molecule is COc1ccc(CNC(=O)CC2CC(C(C)C)C(CNC(=O)c3ccccc3)C=C2C)cc1. The Hall–Kier alpha value is -3.08. The molecule has 2 aromatic rings. The number of nitrogens with one attached hydrogen (secondary N) is 2. The minimum atomic E-state index is -0.0378. The van der Waals surface area contributed by atoms with E-state index < -0.39 is 0 Å². The molecule has 0 aliphatic heterocycles. The van der Waals surface area contributed by atoms with Crippen molar-refractivity contribution in [3.05, 3.63) is 77.4 Å². The third-order valence-corrected chi connectivity index (χ3v) is 6.70. The molecule has 0 saturated carbocycles. The Morgan fingerprint density at radius 1 is 1.03 bits per heavy atom. The largest absolute Gasteiger partial charge is 0.497 e. The highest BCUT2D eigenvalue weighted by molar-refractivity contribution is 5.94. The summed E-state index contributed by atoms with van der Waals surface area (Å²) >= 11 is 0. The lowest BCUT2D eigenvalue weighted by Crippen LogP contribution is -2.37. The highest BCUT2D eigenvalue weighted by Crippen LogP contribution is 2.38. The van der Waals surface area contributed by atoms with E-state index in [9.17, 15) is 9.59 Å². The van der Waals surface area contributed by atoms with Crippen molar-refractivity contribution in [1.29, 1.82) is 0 Å². The first-order valence-corrected chi connectivity index (χ1v) is 11.8. The number of carbonyl (C=O) groups excluding carboxylic acids is 2. The standard InChI is InChI=1S/C28H36N2O3/c1-19(2)26-15-23(16-27(31)29-17-21-10-12-25(33-4)13-11-21)20(3)14-24(26)18-30-28(32)22-8-6-5-7-9-22/h5-14,19,23-24,26H,15-18H2,1-4H3,(H,29,31)(H,30,32). The molecule has 2 amide bonds. The number of allylic oxidation sites excluding steroid dienone is 1. The minimum Gasteiger partial charge on any atom is -0.497 e. The van der Waals surface area contributed by atoms with Crippen LogP contribution in [0, 0.1) is 23.7 Å².